The monoisotopic (exact) mass is 198 g/mol. The van der Waals surface area contributed by atoms with Crippen LogP contribution in [0.1, 0.15) is 19.3 Å². The molecule has 80 valence electrons. The maximum Gasteiger partial charge on any atom is 0.224 e. The fraction of sp³-hybridized carbons (Fsp3) is 0.900. The minimum atomic E-state index is -0.188. The summed E-state index contributed by atoms with van der Waals surface area (Å²) in [5.74, 6) is 0.337. The molecule has 1 unspecified atom stereocenters. The molecule has 1 atom stereocenters. The number of rotatable bonds is 2. The zero-order valence-electron chi connectivity index (χ0n) is 8.57. The summed E-state index contributed by atoms with van der Waals surface area (Å²) in [6, 6.07) is 0.225. The maximum atomic E-state index is 11.7. The molecular formula is C10H18N2O2. The van der Waals surface area contributed by atoms with Gasteiger partial charge in [0, 0.05) is 12.6 Å². The van der Waals surface area contributed by atoms with E-state index in [2.05, 4.69) is 10.2 Å². The highest BCUT2D eigenvalue weighted by molar-refractivity contribution is 5.79. The summed E-state index contributed by atoms with van der Waals surface area (Å²) in [5, 5.41) is 12.1. The topological polar surface area (TPSA) is 52.6 Å². The number of amides is 1. The first kappa shape index (κ1) is 9.93. The smallest absolute Gasteiger partial charge is 0.224 e. The van der Waals surface area contributed by atoms with Gasteiger partial charge < -0.3 is 15.3 Å². The van der Waals surface area contributed by atoms with Gasteiger partial charge in [-0.3, -0.25) is 4.79 Å². The van der Waals surface area contributed by atoms with E-state index in [1.807, 2.05) is 7.05 Å². The van der Waals surface area contributed by atoms with Gasteiger partial charge in [-0.1, -0.05) is 0 Å². The molecule has 1 aliphatic carbocycles. The number of carbonyl (C=O) groups is 1. The van der Waals surface area contributed by atoms with E-state index in [1.54, 1.807) is 0 Å². The summed E-state index contributed by atoms with van der Waals surface area (Å²) in [4.78, 5) is 13.9. The van der Waals surface area contributed by atoms with Crippen molar-refractivity contribution in [1.82, 2.24) is 10.2 Å². The van der Waals surface area contributed by atoms with Crippen LogP contribution in [0.5, 0.6) is 0 Å². The quantitative estimate of drug-likeness (QED) is 0.633. The van der Waals surface area contributed by atoms with Gasteiger partial charge in [-0.05, 0) is 32.9 Å². The number of nitrogens with one attached hydrogen (secondary N) is 1. The molecular weight excluding hydrogens is 180 g/mol. The van der Waals surface area contributed by atoms with Crippen LogP contribution in [0.4, 0.5) is 0 Å². The molecule has 0 aromatic rings. The molecule has 0 aromatic heterocycles. The minimum absolute atomic E-state index is 0.165. The first-order valence-corrected chi connectivity index (χ1v) is 5.32. The highest BCUT2D eigenvalue weighted by atomic mass is 16.3. The van der Waals surface area contributed by atoms with Gasteiger partial charge in [-0.25, -0.2) is 0 Å². The van der Waals surface area contributed by atoms with Crippen molar-refractivity contribution < 1.29 is 9.90 Å². The number of carbonyl (C=O) groups excluding carboxylic acids is 1. The molecule has 2 rings (SSSR count). The summed E-state index contributed by atoms with van der Waals surface area (Å²) >= 11 is 0. The van der Waals surface area contributed by atoms with Crippen LogP contribution >= 0.6 is 0 Å². The Morgan fingerprint density at radius 3 is 2.71 bits per heavy atom. The van der Waals surface area contributed by atoms with Gasteiger partial charge in [0.1, 0.15) is 0 Å². The molecule has 1 amide bonds. The van der Waals surface area contributed by atoms with E-state index in [1.165, 1.54) is 0 Å². The van der Waals surface area contributed by atoms with E-state index < -0.39 is 0 Å². The zero-order valence-corrected chi connectivity index (χ0v) is 8.57. The third-order valence-corrected chi connectivity index (χ3v) is 3.22. The average molecular weight is 198 g/mol. The second-order valence-corrected chi connectivity index (χ2v) is 4.58. The SMILES string of the molecule is CN1CCC(C(=O)NC2CC(O)C2)C1. The Morgan fingerprint density at radius 2 is 2.21 bits per heavy atom. The van der Waals surface area contributed by atoms with Gasteiger partial charge in [0.15, 0.2) is 0 Å². The van der Waals surface area contributed by atoms with E-state index in [0.29, 0.717) is 0 Å². The molecule has 2 aliphatic rings. The van der Waals surface area contributed by atoms with Gasteiger partial charge in [0.25, 0.3) is 0 Å². The maximum absolute atomic E-state index is 11.7. The Labute approximate surface area is 84.3 Å². The predicted octanol–water partition coefficient (Wildman–Crippen LogP) is -0.422. The largest absolute Gasteiger partial charge is 0.393 e. The molecule has 14 heavy (non-hydrogen) atoms. The fourth-order valence-corrected chi connectivity index (χ4v) is 2.17. The Kier molecular flexibility index (Phi) is 2.74. The molecule has 4 heteroatoms. The molecule has 0 aromatic carbocycles. The zero-order chi connectivity index (χ0) is 10.1. The van der Waals surface area contributed by atoms with Crippen molar-refractivity contribution in [2.24, 2.45) is 5.92 Å². The van der Waals surface area contributed by atoms with E-state index in [-0.39, 0.29) is 24.0 Å². The highest BCUT2D eigenvalue weighted by Gasteiger charge is 2.32. The van der Waals surface area contributed by atoms with Crippen molar-refractivity contribution in [2.45, 2.75) is 31.4 Å². The molecule has 1 saturated heterocycles. The van der Waals surface area contributed by atoms with Crippen LogP contribution in [0.2, 0.25) is 0 Å². The minimum Gasteiger partial charge on any atom is -0.393 e. The van der Waals surface area contributed by atoms with Crippen LogP contribution in [0.3, 0.4) is 0 Å². The molecule has 2 fully saturated rings. The third-order valence-electron chi connectivity index (χ3n) is 3.22. The molecule has 4 nitrogen and oxygen atoms in total. The number of hydrogen-bond acceptors (Lipinski definition) is 3. The van der Waals surface area contributed by atoms with Gasteiger partial charge in [0.05, 0.1) is 12.0 Å². The summed E-state index contributed by atoms with van der Waals surface area (Å²) in [7, 11) is 2.04. The molecule has 2 N–H and O–H groups in total. The lowest BCUT2D eigenvalue weighted by molar-refractivity contribution is -0.126. The Hall–Kier alpha value is -0.610. The molecule has 0 bridgehead atoms. The van der Waals surface area contributed by atoms with Gasteiger partial charge in [0.2, 0.25) is 5.91 Å². The van der Waals surface area contributed by atoms with E-state index in [4.69, 9.17) is 5.11 Å². The van der Waals surface area contributed by atoms with Gasteiger partial charge in [-0.15, -0.1) is 0 Å². The van der Waals surface area contributed by atoms with Crippen molar-refractivity contribution in [1.29, 1.82) is 0 Å². The van der Waals surface area contributed by atoms with Gasteiger partial charge in [-0.2, -0.15) is 0 Å². The van der Waals surface area contributed by atoms with Crippen molar-refractivity contribution in [2.75, 3.05) is 20.1 Å². The average Bonchev–Trinajstić information content (AvgIpc) is 2.49. The van der Waals surface area contributed by atoms with Crippen LogP contribution in [0.15, 0.2) is 0 Å². The third kappa shape index (κ3) is 2.07. The second-order valence-electron chi connectivity index (χ2n) is 4.58. The van der Waals surface area contributed by atoms with E-state index in [9.17, 15) is 4.79 Å². The van der Waals surface area contributed by atoms with Crippen molar-refractivity contribution >= 4 is 5.91 Å². The fourth-order valence-electron chi connectivity index (χ4n) is 2.17. The van der Waals surface area contributed by atoms with Crippen LogP contribution in [-0.4, -0.2) is 48.2 Å². The number of hydrogen-bond donors (Lipinski definition) is 2. The second kappa shape index (κ2) is 3.87. The Morgan fingerprint density at radius 1 is 1.50 bits per heavy atom. The van der Waals surface area contributed by atoms with Crippen LogP contribution in [0.25, 0.3) is 0 Å². The highest BCUT2D eigenvalue weighted by Crippen LogP contribution is 2.21. The summed E-state index contributed by atoms with van der Waals surface area (Å²) in [5.41, 5.74) is 0. The van der Waals surface area contributed by atoms with Crippen molar-refractivity contribution in [3.63, 3.8) is 0 Å². The van der Waals surface area contributed by atoms with Crippen LogP contribution < -0.4 is 5.32 Å². The lowest BCUT2D eigenvalue weighted by atomic mass is 9.89. The molecule has 0 radical (unpaired) electrons. The number of aliphatic hydroxyl groups excluding tert-OH is 1. The molecule has 1 heterocycles. The van der Waals surface area contributed by atoms with E-state index >= 15 is 0 Å². The molecule has 1 saturated carbocycles. The number of nitrogens with zero attached hydrogens (tertiary/aromatic N) is 1. The standard InChI is InChI=1S/C10H18N2O2/c1-12-3-2-7(6-12)10(14)11-8-4-9(13)5-8/h7-9,13H,2-6H2,1H3,(H,11,14). The predicted molar refractivity (Wildman–Crippen MR) is 52.8 cm³/mol. The molecule has 0 spiro atoms. The van der Waals surface area contributed by atoms with Crippen LogP contribution in [-0.2, 0) is 4.79 Å². The summed E-state index contributed by atoms with van der Waals surface area (Å²) < 4.78 is 0. The normalized spacial score (nSPS) is 38.0. The summed E-state index contributed by atoms with van der Waals surface area (Å²) in [6.07, 6.45) is 2.24. The lowest BCUT2D eigenvalue weighted by Gasteiger charge is -2.32. The Bertz CT molecular complexity index is 226. The first-order valence-electron chi connectivity index (χ1n) is 5.32. The number of likely N-dealkylation sites (tertiary alicyclic amines) is 1. The Balaban J connectivity index is 1.73. The van der Waals surface area contributed by atoms with Crippen molar-refractivity contribution in [3.8, 4) is 0 Å². The lowest BCUT2D eigenvalue weighted by Crippen LogP contribution is -2.48. The van der Waals surface area contributed by atoms with Crippen molar-refractivity contribution in [3.05, 3.63) is 0 Å². The van der Waals surface area contributed by atoms with Crippen LogP contribution in [0, 0.1) is 5.92 Å². The number of aliphatic hydroxyl groups is 1. The molecule has 1 aliphatic heterocycles. The van der Waals surface area contributed by atoms with Gasteiger partial charge >= 0.3 is 0 Å². The first-order chi connectivity index (χ1) is 6.65. The van der Waals surface area contributed by atoms with E-state index in [0.717, 1.165) is 32.4 Å². The summed E-state index contributed by atoms with van der Waals surface area (Å²) in [6.45, 7) is 1.90.